The molecule has 2 rings (SSSR count). The van der Waals surface area contributed by atoms with E-state index in [9.17, 15) is 4.79 Å². The lowest BCUT2D eigenvalue weighted by molar-refractivity contribution is 0.248. The van der Waals surface area contributed by atoms with Crippen molar-refractivity contribution in [3.05, 3.63) is 53.3 Å². The van der Waals surface area contributed by atoms with Crippen molar-refractivity contribution in [2.24, 2.45) is 0 Å². The van der Waals surface area contributed by atoms with Gasteiger partial charge in [-0.1, -0.05) is 23.7 Å². The van der Waals surface area contributed by atoms with Crippen LogP contribution >= 0.6 is 11.6 Å². The molecule has 0 aliphatic heterocycles. The summed E-state index contributed by atoms with van der Waals surface area (Å²) >= 11 is 5.91. The van der Waals surface area contributed by atoms with E-state index in [0.29, 0.717) is 5.69 Å². The van der Waals surface area contributed by atoms with Crippen LogP contribution in [-0.4, -0.2) is 24.2 Å². The van der Waals surface area contributed by atoms with Gasteiger partial charge in [-0.2, -0.15) is 0 Å². The number of methoxy groups -OCH3 is 1. The highest BCUT2D eigenvalue weighted by Crippen LogP contribution is 2.17. The number of urea groups is 1. The number of amides is 2. The number of benzene rings is 1. The van der Waals surface area contributed by atoms with Gasteiger partial charge < -0.3 is 15.4 Å². The molecule has 2 amide bonds. The predicted octanol–water partition coefficient (Wildman–Crippen LogP) is 3.89. The number of ether oxygens (including phenoxy) is 1. The fourth-order valence-corrected chi connectivity index (χ4v) is 2.28. The molecular weight excluding hydrogens is 314 g/mol. The predicted molar refractivity (Wildman–Crippen MR) is 92.2 cm³/mol. The number of hydrogen-bond acceptors (Lipinski definition) is 3. The first-order valence-corrected chi connectivity index (χ1v) is 7.77. The molecule has 0 fully saturated rings. The number of carbonyl (C=O) groups excluding carboxylic acids is 1. The second kappa shape index (κ2) is 8.39. The number of aromatic nitrogens is 1. The smallest absolute Gasteiger partial charge is 0.319 e. The molecule has 1 aromatic heterocycles. The van der Waals surface area contributed by atoms with E-state index in [4.69, 9.17) is 16.3 Å². The van der Waals surface area contributed by atoms with Crippen LogP contribution in [0, 0.1) is 0 Å². The third-order valence-corrected chi connectivity index (χ3v) is 3.71. The number of hydrogen-bond donors (Lipinski definition) is 2. The van der Waals surface area contributed by atoms with Gasteiger partial charge in [-0.25, -0.2) is 9.78 Å². The molecule has 0 bridgehead atoms. The van der Waals surface area contributed by atoms with Crippen LogP contribution in [0.1, 0.15) is 18.9 Å². The van der Waals surface area contributed by atoms with E-state index in [1.165, 1.54) is 5.56 Å². The van der Waals surface area contributed by atoms with Crippen molar-refractivity contribution in [3.63, 3.8) is 0 Å². The van der Waals surface area contributed by atoms with Crippen LogP contribution in [0.15, 0.2) is 42.6 Å². The number of halogens is 1. The molecule has 6 heteroatoms. The highest BCUT2D eigenvalue weighted by Gasteiger charge is 2.09. The van der Waals surface area contributed by atoms with Crippen molar-refractivity contribution < 1.29 is 9.53 Å². The summed E-state index contributed by atoms with van der Waals surface area (Å²) < 4.78 is 5.13. The van der Waals surface area contributed by atoms with Gasteiger partial charge in [-0.15, -0.1) is 0 Å². The Bertz CT molecular complexity index is 647. The van der Waals surface area contributed by atoms with Crippen LogP contribution in [0.4, 0.5) is 10.5 Å². The zero-order chi connectivity index (χ0) is 16.7. The summed E-state index contributed by atoms with van der Waals surface area (Å²) in [6.07, 6.45) is 3.28. The van der Waals surface area contributed by atoms with Gasteiger partial charge in [0.25, 0.3) is 0 Å². The maximum Gasteiger partial charge on any atom is 0.319 e. The lowest BCUT2D eigenvalue weighted by Crippen LogP contribution is -2.36. The molecule has 23 heavy (non-hydrogen) atoms. The minimum atomic E-state index is -0.290. The van der Waals surface area contributed by atoms with Crippen molar-refractivity contribution in [1.29, 1.82) is 0 Å². The van der Waals surface area contributed by atoms with Crippen LogP contribution in [0.3, 0.4) is 0 Å². The molecule has 0 aliphatic rings. The maximum absolute atomic E-state index is 11.9. The van der Waals surface area contributed by atoms with E-state index >= 15 is 0 Å². The van der Waals surface area contributed by atoms with E-state index in [0.717, 1.165) is 18.6 Å². The molecule has 1 heterocycles. The molecular formula is C17H20ClN3O2. The quantitative estimate of drug-likeness (QED) is 0.788. The maximum atomic E-state index is 11.9. The lowest BCUT2D eigenvalue weighted by Gasteiger charge is -2.15. The highest BCUT2D eigenvalue weighted by atomic mass is 35.5. The van der Waals surface area contributed by atoms with Crippen molar-refractivity contribution in [2.75, 3.05) is 12.4 Å². The average molecular weight is 334 g/mol. The topological polar surface area (TPSA) is 63.2 Å². The molecule has 1 aromatic carbocycles. The Morgan fingerprint density at radius 1 is 1.30 bits per heavy atom. The van der Waals surface area contributed by atoms with E-state index < -0.39 is 0 Å². The zero-order valence-corrected chi connectivity index (χ0v) is 13.9. The monoisotopic (exact) mass is 333 g/mol. The van der Waals surface area contributed by atoms with Crippen LogP contribution in [0.25, 0.3) is 0 Å². The standard InChI is InChI=1S/C17H20ClN3O2/c1-12(5-6-13-7-9-14(23-2)10-8-13)20-17(22)21-15-4-3-11-19-16(15)18/h3-4,7-12H,5-6H2,1-2H3,(H2,20,21,22). The number of anilines is 1. The fraction of sp³-hybridized carbons (Fsp3) is 0.294. The summed E-state index contributed by atoms with van der Waals surface area (Å²) in [7, 11) is 1.65. The minimum absolute atomic E-state index is 0.0348. The summed E-state index contributed by atoms with van der Waals surface area (Å²) in [5.74, 6) is 0.840. The molecule has 122 valence electrons. The van der Waals surface area contributed by atoms with Gasteiger partial charge in [0.2, 0.25) is 0 Å². The van der Waals surface area contributed by atoms with Crippen molar-refractivity contribution in [3.8, 4) is 5.75 Å². The largest absolute Gasteiger partial charge is 0.497 e. The molecule has 2 N–H and O–H groups in total. The van der Waals surface area contributed by atoms with Crippen LogP contribution in [0.2, 0.25) is 5.15 Å². The summed E-state index contributed by atoms with van der Waals surface area (Å²) in [6, 6.07) is 11.1. The molecule has 5 nitrogen and oxygen atoms in total. The summed E-state index contributed by atoms with van der Waals surface area (Å²) in [5, 5.41) is 5.85. The molecule has 1 unspecified atom stereocenters. The third-order valence-electron chi connectivity index (χ3n) is 3.41. The number of nitrogens with zero attached hydrogens (tertiary/aromatic N) is 1. The van der Waals surface area contributed by atoms with Gasteiger partial charge in [0, 0.05) is 12.2 Å². The molecule has 0 aliphatic carbocycles. The van der Waals surface area contributed by atoms with E-state index in [-0.39, 0.29) is 17.2 Å². The zero-order valence-electron chi connectivity index (χ0n) is 13.2. The molecule has 0 radical (unpaired) electrons. The van der Waals surface area contributed by atoms with Crippen LogP contribution < -0.4 is 15.4 Å². The normalized spacial score (nSPS) is 11.6. The molecule has 0 saturated heterocycles. The number of aryl methyl sites for hydroxylation is 1. The number of carbonyl (C=O) groups is 1. The summed E-state index contributed by atoms with van der Waals surface area (Å²) in [4.78, 5) is 15.9. The molecule has 0 saturated carbocycles. The molecule has 2 aromatic rings. The Kier molecular flexibility index (Phi) is 6.23. The second-order valence-electron chi connectivity index (χ2n) is 5.23. The fourth-order valence-electron chi connectivity index (χ4n) is 2.11. The average Bonchev–Trinajstić information content (AvgIpc) is 2.55. The third kappa shape index (κ3) is 5.45. The lowest BCUT2D eigenvalue weighted by atomic mass is 10.1. The Morgan fingerprint density at radius 2 is 2.04 bits per heavy atom. The van der Waals surface area contributed by atoms with Gasteiger partial charge in [-0.05, 0) is 49.6 Å². The Hall–Kier alpha value is -2.27. The highest BCUT2D eigenvalue weighted by molar-refractivity contribution is 6.32. The Balaban J connectivity index is 1.78. The number of pyridine rings is 1. The first-order chi connectivity index (χ1) is 11.1. The number of nitrogens with one attached hydrogen (secondary N) is 2. The molecule has 1 atom stereocenters. The van der Waals surface area contributed by atoms with Crippen LogP contribution in [0.5, 0.6) is 5.75 Å². The van der Waals surface area contributed by atoms with E-state index in [2.05, 4.69) is 15.6 Å². The molecule has 0 spiro atoms. The Morgan fingerprint density at radius 3 is 2.70 bits per heavy atom. The van der Waals surface area contributed by atoms with E-state index in [1.54, 1.807) is 25.4 Å². The van der Waals surface area contributed by atoms with Gasteiger partial charge in [-0.3, -0.25) is 0 Å². The van der Waals surface area contributed by atoms with Crippen LogP contribution in [-0.2, 0) is 6.42 Å². The second-order valence-corrected chi connectivity index (χ2v) is 5.59. The first kappa shape index (κ1) is 17.1. The van der Waals surface area contributed by atoms with Gasteiger partial charge in [0.15, 0.2) is 5.15 Å². The SMILES string of the molecule is COc1ccc(CCC(C)NC(=O)Nc2cccnc2Cl)cc1. The van der Waals surface area contributed by atoms with Gasteiger partial charge >= 0.3 is 6.03 Å². The van der Waals surface area contributed by atoms with Crippen molar-refractivity contribution in [1.82, 2.24) is 10.3 Å². The Labute approximate surface area is 141 Å². The van der Waals surface area contributed by atoms with Crippen molar-refractivity contribution >= 4 is 23.3 Å². The summed E-state index contributed by atoms with van der Waals surface area (Å²) in [5.41, 5.74) is 1.70. The minimum Gasteiger partial charge on any atom is -0.497 e. The summed E-state index contributed by atoms with van der Waals surface area (Å²) in [6.45, 7) is 1.97. The number of rotatable bonds is 6. The van der Waals surface area contributed by atoms with E-state index in [1.807, 2.05) is 31.2 Å². The van der Waals surface area contributed by atoms with Gasteiger partial charge in [0.05, 0.1) is 12.8 Å². The van der Waals surface area contributed by atoms with Gasteiger partial charge in [0.1, 0.15) is 5.75 Å². The first-order valence-electron chi connectivity index (χ1n) is 7.39. The van der Waals surface area contributed by atoms with Crippen molar-refractivity contribution in [2.45, 2.75) is 25.8 Å².